The van der Waals surface area contributed by atoms with E-state index >= 15 is 0 Å². The Bertz CT molecular complexity index is 341. The van der Waals surface area contributed by atoms with Crippen LogP contribution in [0, 0.1) is 0 Å². The number of halogens is 2. The second-order valence-corrected chi connectivity index (χ2v) is 3.67. The van der Waals surface area contributed by atoms with Gasteiger partial charge in [0.1, 0.15) is 5.78 Å². The first-order chi connectivity index (χ1) is 6.25. The number of carbonyl (C=O) groups excluding carboxylic acids is 1. The van der Waals surface area contributed by atoms with Crippen molar-refractivity contribution in [3.8, 4) is 0 Å². The van der Waals surface area contributed by atoms with Gasteiger partial charge in [-0.3, -0.25) is 4.79 Å². The van der Waals surface area contributed by atoms with E-state index in [1.54, 1.807) is 0 Å². The predicted octanol–water partition coefficient (Wildman–Crippen LogP) is 2.37. The van der Waals surface area contributed by atoms with Crippen LogP contribution < -0.4 is 5.32 Å². The summed E-state index contributed by atoms with van der Waals surface area (Å²) < 4.78 is 0. The first kappa shape index (κ1) is 11.5. The second kappa shape index (κ2) is 4.78. The molecule has 14 heavy (non-hydrogen) atoms. The van der Waals surface area contributed by atoms with E-state index in [1.165, 1.54) is 0 Å². The van der Waals surface area contributed by atoms with Gasteiger partial charge < -0.3 is 5.32 Å². The van der Waals surface area contributed by atoms with Gasteiger partial charge in [-0.2, -0.15) is 0 Å². The number of benzene rings is 1. The maximum Gasteiger partial charge on any atom is 0.148 e. The van der Waals surface area contributed by atoms with E-state index in [0.29, 0.717) is 13.0 Å². The van der Waals surface area contributed by atoms with Gasteiger partial charge in [0.25, 0.3) is 0 Å². The Kier molecular flexibility index (Phi) is 3.93. The van der Waals surface area contributed by atoms with E-state index in [4.69, 9.17) is 11.6 Å². The van der Waals surface area contributed by atoms with Gasteiger partial charge in [-0.05, 0) is 17.7 Å². The Morgan fingerprint density at radius 3 is 2.79 bits per heavy atom. The highest BCUT2D eigenvalue weighted by Crippen LogP contribution is 2.23. The van der Waals surface area contributed by atoms with Crippen LogP contribution in [0.15, 0.2) is 24.3 Å². The molecule has 0 saturated carbocycles. The van der Waals surface area contributed by atoms with Gasteiger partial charge in [-0.25, -0.2) is 0 Å². The first-order valence-corrected chi connectivity index (χ1v) is 4.64. The van der Waals surface area contributed by atoms with E-state index in [9.17, 15) is 4.79 Å². The fraction of sp³-hybridized carbons (Fsp3) is 0.300. The summed E-state index contributed by atoms with van der Waals surface area (Å²) in [5.74, 6) is 0.268. The normalized spacial score (nSPS) is 20.6. The Morgan fingerprint density at radius 1 is 1.43 bits per heavy atom. The minimum atomic E-state index is 0. The monoisotopic (exact) mass is 231 g/mol. The highest BCUT2D eigenvalue weighted by atomic mass is 35.5. The van der Waals surface area contributed by atoms with E-state index in [-0.39, 0.29) is 24.2 Å². The van der Waals surface area contributed by atoms with E-state index in [0.717, 1.165) is 10.6 Å². The van der Waals surface area contributed by atoms with Crippen LogP contribution in [0.3, 0.4) is 0 Å². The van der Waals surface area contributed by atoms with Crippen LogP contribution in [0.4, 0.5) is 0 Å². The molecule has 1 aromatic carbocycles. The molecule has 1 saturated heterocycles. The van der Waals surface area contributed by atoms with Crippen molar-refractivity contribution >= 4 is 29.8 Å². The van der Waals surface area contributed by atoms with Crippen LogP contribution in [0.1, 0.15) is 18.0 Å². The Hall–Kier alpha value is -0.570. The number of hydrogen-bond donors (Lipinski definition) is 1. The van der Waals surface area contributed by atoms with Gasteiger partial charge in [0.2, 0.25) is 0 Å². The molecule has 1 heterocycles. The Morgan fingerprint density at radius 2 is 2.21 bits per heavy atom. The second-order valence-electron chi connectivity index (χ2n) is 3.23. The van der Waals surface area contributed by atoms with Gasteiger partial charge >= 0.3 is 0 Å². The van der Waals surface area contributed by atoms with Gasteiger partial charge in [0.15, 0.2) is 0 Å². The SMILES string of the molecule is Cl.O=C1CNC(c2cccc(Cl)c2)C1. The molecule has 1 aliphatic rings. The van der Waals surface area contributed by atoms with Crippen molar-refractivity contribution in [2.45, 2.75) is 12.5 Å². The highest BCUT2D eigenvalue weighted by Gasteiger charge is 2.22. The lowest BCUT2D eigenvalue weighted by molar-refractivity contribution is -0.116. The third-order valence-corrected chi connectivity index (χ3v) is 2.46. The Labute approximate surface area is 94.1 Å². The predicted molar refractivity (Wildman–Crippen MR) is 59.1 cm³/mol. The number of rotatable bonds is 1. The smallest absolute Gasteiger partial charge is 0.148 e. The summed E-state index contributed by atoms with van der Waals surface area (Å²) in [7, 11) is 0. The lowest BCUT2D eigenvalue weighted by atomic mass is 10.1. The molecule has 2 rings (SSSR count). The first-order valence-electron chi connectivity index (χ1n) is 4.26. The molecule has 1 fully saturated rings. The van der Waals surface area contributed by atoms with Gasteiger partial charge in [0, 0.05) is 17.5 Å². The van der Waals surface area contributed by atoms with Gasteiger partial charge in [0.05, 0.1) is 6.54 Å². The van der Waals surface area contributed by atoms with Crippen molar-refractivity contribution in [1.29, 1.82) is 0 Å². The molecule has 1 aliphatic heterocycles. The van der Waals surface area contributed by atoms with Crippen molar-refractivity contribution in [3.63, 3.8) is 0 Å². The number of nitrogens with one attached hydrogen (secondary N) is 1. The number of hydrogen-bond acceptors (Lipinski definition) is 2. The largest absolute Gasteiger partial charge is 0.303 e. The zero-order valence-corrected chi connectivity index (χ0v) is 9.07. The minimum absolute atomic E-state index is 0. The van der Waals surface area contributed by atoms with Crippen LogP contribution >= 0.6 is 24.0 Å². The van der Waals surface area contributed by atoms with Crippen LogP contribution in [-0.2, 0) is 4.79 Å². The number of carbonyl (C=O) groups is 1. The fourth-order valence-corrected chi connectivity index (χ4v) is 1.77. The molecule has 0 aliphatic carbocycles. The molecule has 1 atom stereocenters. The molecule has 1 unspecified atom stereocenters. The van der Waals surface area contributed by atoms with Crippen molar-refractivity contribution in [1.82, 2.24) is 5.32 Å². The highest BCUT2D eigenvalue weighted by molar-refractivity contribution is 6.30. The molecular formula is C10H11Cl2NO. The molecule has 1 aromatic rings. The quantitative estimate of drug-likeness (QED) is 0.805. The van der Waals surface area contributed by atoms with E-state index in [2.05, 4.69) is 5.32 Å². The fourth-order valence-electron chi connectivity index (χ4n) is 1.57. The zero-order chi connectivity index (χ0) is 9.26. The molecule has 0 aromatic heterocycles. The molecule has 4 heteroatoms. The summed E-state index contributed by atoms with van der Waals surface area (Å²) in [4.78, 5) is 11.0. The third-order valence-electron chi connectivity index (χ3n) is 2.23. The van der Waals surface area contributed by atoms with Gasteiger partial charge in [-0.15, -0.1) is 12.4 Å². The third kappa shape index (κ3) is 2.47. The summed E-state index contributed by atoms with van der Waals surface area (Å²) in [6.45, 7) is 0.483. The van der Waals surface area contributed by atoms with Crippen LogP contribution in [0.5, 0.6) is 0 Å². The Balaban J connectivity index is 0.000000980. The lowest BCUT2D eigenvalue weighted by Gasteiger charge is -2.08. The minimum Gasteiger partial charge on any atom is -0.303 e. The number of ketones is 1. The molecule has 76 valence electrons. The molecule has 0 amide bonds. The summed E-state index contributed by atoms with van der Waals surface area (Å²) in [5.41, 5.74) is 1.10. The average Bonchev–Trinajstić information content (AvgIpc) is 2.52. The van der Waals surface area contributed by atoms with E-state index in [1.807, 2.05) is 24.3 Å². The summed E-state index contributed by atoms with van der Waals surface area (Å²) in [6.07, 6.45) is 0.584. The molecule has 0 bridgehead atoms. The molecule has 2 nitrogen and oxygen atoms in total. The molecule has 0 spiro atoms. The van der Waals surface area contributed by atoms with Crippen molar-refractivity contribution in [2.75, 3.05) is 6.54 Å². The maximum absolute atomic E-state index is 11.0. The maximum atomic E-state index is 11.0. The molecular weight excluding hydrogens is 221 g/mol. The lowest BCUT2D eigenvalue weighted by Crippen LogP contribution is -2.13. The average molecular weight is 232 g/mol. The van der Waals surface area contributed by atoms with Crippen LogP contribution in [0.2, 0.25) is 5.02 Å². The summed E-state index contributed by atoms with van der Waals surface area (Å²) in [5, 5.41) is 3.86. The van der Waals surface area contributed by atoms with Crippen LogP contribution in [-0.4, -0.2) is 12.3 Å². The van der Waals surface area contributed by atoms with Crippen molar-refractivity contribution in [2.24, 2.45) is 0 Å². The zero-order valence-electron chi connectivity index (χ0n) is 7.50. The van der Waals surface area contributed by atoms with E-state index < -0.39 is 0 Å². The molecule has 1 N–H and O–H groups in total. The summed E-state index contributed by atoms with van der Waals surface area (Å²) >= 11 is 5.85. The van der Waals surface area contributed by atoms with Crippen molar-refractivity contribution in [3.05, 3.63) is 34.9 Å². The topological polar surface area (TPSA) is 29.1 Å². The number of Topliss-reactive ketones (excluding diaryl/α,β-unsaturated/α-hetero) is 1. The van der Waals surface area contributed by atoms with Gasteiger partial charge in [-0.1, -0.05) is 23.7 Å². The molecule has 0 radical (unpaired) electrons. The van der Waals surface area contributed by atoms with Crippen molar-refractivity contribution < 1.29 is 4.79 Å². The summed E-state index contributed by atoms with van der Waals surface area (Å²) in [6, 6.07) is 7.79. The standard InChI is InChI=1S/C10H10ClNO.ClH/c11-8-3-1-2-7(4-8)10-5-9(13)6-12-10;/h1-4,10,12H,5-6H2;1H. The van der Waals surface area contributed by atoms with Crippen LogP contribution in [0.25, 0.3) is 0 Å².